The van der Waals surface area contributed by atoms with Crippen molar-refractivity contribution < 1.29 is 23.5 Å². The van der Waals surface area contributed by atoms with Gasteiger partial charge in [-0.05, 0) is 19.1 Å². The molecule has 0 spiro atoms. The number of benzene rings is 1. The van der Waals surface area contributed by atoms with Crippen LogP contribution < -0.4 is 4.74 Å². The average molecular weight is 261 g/mol. The van der Waals surface area contributed by atoms with Crippen molar-refractivity contribution in [1.82, 2.24) is 0 Å². The predicted molar refractivity (Wildman–Crippen MR) is 58.9 cm³/mol. The van der Waals surface area contributed by atoms with Gasteiger partial charge in [-0.3, -0.25) is 4.79 Å². The largest absolute Gasteiger partial charge is 0.494 e. The second-order valence-corrected chi connectivity index (χ2v) is 3.43. The number of carbonyl (C=O) groups is 2. The molecule has 1 aromatic rings. The van der Waals surface area contributed by atoms with Crippen molar-refractivity contribution in [2.75, 3.05) is 13.7 Å². The molecule has 92 valence electrons. The first kappa shape index (κ1) is 13.4. The van der Waals surface area contributed by atoms with Gasteiger partial charge in [0.25, 0.3) is 5.78 Å². The topological polar surface area (TPSA) is 52.6 Å². The van der Waals surface area contributed by atoms with Crippen LogP contribution in [0.5, 0.6) is 5.75 Å². The summed E-state index contributed by atoms with van der Waals surface area (Å²) >= 11 is 5.56. The fraction of sp³-hybridized carbons (Fsp3) is 0.273. The minimum absolute atomic E-state index is 0.0771. The molecule has 0 aliphatic rings. The highest BCUT2D eigenvalue weighted by molar-refractivity contribution is 6.41. The Hall–Kier alpha value is -1.62. The molecular formula is C11H10ClFO4. The van der Waals surface area contributed by atoms with Crippen LogP contribution in [0.4, 0.5) is 4.39 Å². The minimum atomic E-state index is -1.02. The van der Waals surface area contributed by atoms with Crippen LogP contribution in [0.3, 0.4) is 0 Å². The third-order valence-electron chi connectivity index (χ3n) is 1.94. The molecule has 0 fully saturated rings. The van der Waals surface area contributed by atoms with Gasteiger partial charge in [0.2, 0.25) is 0 Å². The fourth-order valence-electron chi connectivity index (χ4n) is 1.16. The molecule has 0 unspecified atom stereocenters. The Morgan fingerprint density at radius 3 is 2.59 bits per heavy atom. The second kappa shape index (κ2) is 5.63. The summed E-state index contributed by atoms with van der Waals surface area (Å²) in [6.07, 6.45) is 0. The van der Waals surface area contributed by atoms with Gasteiger partial charge in [0, 0.05) is 5.56 Å². The molecule has 4 nitrogen and oxygen atoms in total. The van der Waals surface area contributed by atoms with Crippen molar-refractivity contribution >= 4 is 23.4 Å². The zero-order chi connectivity index (χ0) is 13.0. The molecule has 1 aromatic carbocycles. The highest BCUT2D eigenvalue weighted by Crippen LogP contribution is 2.26. The molecule has 17 heavy (non-hydrogen) atoms. The van der Waals surface area contributed by atoms with Crippen molar-refractivity contribution in [3.63, 3.8) is 0 Å². The van der Waals surface area contributed by atoms with Crippen molar-refractivity contribution in [2.24, 2.45) is 0 Å². The smallest absolute Gasteiger partial charge is 0.379 e. The molecule has 0 radical (unpaired) electrons. The van der Waals surface area contributed by atoms with Crippen LogP contribution in [0.1, 0.15) is 17.3 Å². The van der Waals surface area contributed by atoms with Gasteiger partial charge in [0.1, 0.15) is 0 Å². The van der Waals surface area contributed by atoms with Crippen LogP contribution in [0.25, 0.3) is 0 Å². The lowest BCUT2D eigenvalue weighted by Gasteiger charge is -2.06. The first-order valence-electron chi connectivity index (χ1n) is 4.75. The molecule has 0 atom stereocenters. The molecule has 0 amide bonds. The summed E-state index contributed by atoms with van der Waals surface area (Å²) in [6, 6.07) is 2.15. The number of hydrogen-bond acceptors (Lipinski definition) is 4. The molecule has 0 saturated carbocycles. The molecular weight excluding hydrogens is 251 g/mol. The predicted octanol–water partition coefficient (Wildman–Crippen LogP) is 2.23. The number of esters is 1. The Balaban J connectivity index is 3.11. The molecule has 0 bridgehead atoms. The number of carbonyl (C=O) groups excluding carboxylic acids is 2. The number of methoxy groups -OCH3 is 1. The standard InChI is InChI=1S/C11H10ClFO4/c1-3-17-11(15)10(14)6-4-7(12)9(13)8(5-6)16-2/h4-5H,3H2,1-2H3. The van der Waals surface area contributed by atoms with Gasteiger partial charge in [-0.2, -0.15) is 0 Å². The number of hydrogen-bond donors (Lipinski definition) is 0. The molecule has 0 saturated heterocycles. The summed E-state index contributed by atoms with van der Waals surface area (Å²) in [5, 5.41) is -0.294. The maximum absolute atomic E-state index is 13.3. The van der Waals surface area contributed by atoms with Crippen molar-refractivity contribution in [3.05, 3.63) is 28.5 Å². The summed E-state index contributed by atoms with van der Waals surface area (Å²) in [4.78, 5) is 22.7. The van der Waals surface area contributed by atoms with Gasteiger partial charge >= 0.3 is 5.97 Å². The van der Waals surface area contributed by atoms with E-state index in [1.807, 2.05) is 0 Å². The molecule has 0 N–H and O–H groups in total. The molecule has 0 aliphatic heterocycles. The van der Waals surface area contributed by atoms with Crippen LogP contribution in [0, 0.1) is 5.82 Å². The van der Waals surface area contributed by atoms with Gasteiger partial charge in [-0.1, -0.05) is 11.6 Å². The van der Waals surface area contributed by atoms with E-state index in [1.54, 1.807) is 6.92 Å². The van der Waals surface area contributed by atoms with E-state index < -0.39 is 17.6 Å². The fourth-order valence-corrected chi connectivity index (χ4v) is 1.37. The van der Waals surface area contributed by atoms with Gasteiger partial charge in [-0.25, -0.2) is 9.18 Å². The third-order valence-corrected chi connectivity index (χ3v) is 2.21. The van der Waals surface area contributed by atoms with Gasteiger partial charge in [0.15, 0.2) is 11.6 Å². The van der Waals surface area contributed by atoms with E-state index in [1.165, 1.54) is 7.11 Å². The minimum Gasteiger partial charge on any atom is -0.494 e. The number of ketones is 1. The summed E-state index contributed by atoms with van der Waals surface area (Å²) in [5.74, 6) is -2.90. The Bertz CT molecular complexity index is 459. The lowest BCUT2D eigenvalue weighted by Crippen LogP contribution is -2.17. The van der Waals surface area contributed by atoms with Crippen molar-refractivity contribution in [2.45, 2.75) is 6.92 Å². The maximum Gasteiger partial charge on any atom is 0.379 e. The molecule has 1 rings (SSSR count). The molecule has 0 heterocycles. The van der Waals surface area contributed by atoms with Crippen LogP contribution in [0.2, 0.25) is 5.02 Å². The molecule has 6 heteroatoms. The number of halogens is 2. The first-order valence-corrected chi connectivity index (χ1v) is 5.13. The number of Topliss-reactive ketones (excluding diaryl/α,β-unsaturated/α-hetero) is 1. The lowest BCUT2D eigenvalue weighted by atomic mass is 10.1. The Kier molecular flexibility index (Phi) is 4.45. The van der Waals surface area contributed by atoms with E-state index in [0.717, 1.165) is 12.1 Å². The zero-order valence-electron chi connectivity index (χ0n) is 9.25. The van der Waals surface area contributed by atoms with E-state index in [9.17, 15) is 14.0 Å². The normalized spacial score (nSPS) is 9.88. The van der Waals surface area contributed by atoms with Crippen molar-refractivity contribution in [1.29, 1.82) is 0 Å². The Morgan fingerprint density at radius 1 is 1.41 bits per heavy atom. The zero-order valence-corrected chi connectivity index (χ0v) is 10.0. The van der Waals surface area contributed by atoms with Gasteiger partial charge < -0.3 is 9.47 Å². The van der Waals surface area contributed by atoms with E-state index >= 15 is 0 Å². The number of rotatable bonds is 4. The van der Waals surface area contributed by atoms with Crippen molar-refractivity contribution in [3.8, 4) is 5.75 Å². The second-order valence-electron chi connectivity index (χ2n) is 3.02. The first-order chi connectivity index (χ1) is 8.01. The van der Waals surface area contributed by atoms with E-state index in [4.69, 9.17) is 16.3 Å². The molecule has 0 aliphatic carbocycles. The summed E-state index contributed by atoms with van der Waals surface area (Å²) in [7, 11) is 1.23. The maximum atomic E-state index is 13.3. The van der Waals surface area contributed by atoms with E-state index in [2.05, 4.69) is 4.74 Å². The van der Waals surface area contributed by atoms with Crippen LogP contribution in [0.15, 0.2) is 12.1 Å². The van der Waals surface area contributed by atoms with Gasteiger partial charge in [0.05, 0.1) is 18.7 Å². The monoisotopic (exact) mass is 260 g/mol. The molecule has 0 aromatic heterocycles. The van der Waals surface area contributed by atoms with E-state index in [0.29, 0.717) is 0 Å². The SMILES string of the molecule is CCOC(=O)C(=O)c1cc(Cl)c(F)c(OC)c1. The third kappa shape index (κ3) is 2.94. The quantitative estimate of drug-likeness (QED) is 0.473. The van der Waals surface area contributed by atoms with Crippen LogP contribution in [-0.2, 0) is 9.53 Å². The summed E-state index contributed by atoms with van der Waals surface area (Å²) in [6.45, 7) is 1.65. The number of ether oxygens (including phenoxy) is 2. The van der Waals surface area contributed by atoms with Crippen LogP contribution in [-0.4, -0.2) is 25.5 Å². The average Bonchev–Trinajstić information content (AvgIpc) is 2.31. The summed E-state index contributed by atoms with van der Waals surface area (Å²) in [5.41, 5.74) is -0.0771. The lowest BCUT2D eigenvalue weighted by molar-refractivity contribution is -0.137. The Labute approximate surface area is 102 Å². The Morgan fingerprint density at radius 2 is 2.06 bits per heavy atom. The van der Waals surface area contributed by atoms with Crippen LogP contribution >= 0.6 is 11.6 Å². The summed E-state index contributed by atoms with van der Waals surface area (Å²) < 4.78 is 22.5. The van der Waals surface area contributed by atoms with E-state index in [-0.39, 0.29) is 22.9 Å². The highest BCUT2D eigenvalue weighted by atomic mass is 35.5. The van der Waals surface area contributed by atoms with Gasteiger partial charge in [-0.15, -0.1) is 0 Å². The highest BCUT2D eigenvalue weighted by Gasteiger charge is 2.21.